The number of thiophene rings is 1. The van der Waals surface area contributed by atoms with Gasteiger partial charge in [-0.05, 0) is 33.9 Å². The minimum atomic E-state index is 0.200. The van der Waals surface area contributed by atoms with Gasteiger partial charge in [-0.1, -0.05) is 41.5 Å². The van der Waals surface area contributed by atoms with Crippen LogP contribution in [0.3, 0.4) is 0 Å². The average Bonchev–Trinajstić information content (AvgIpc) is 3.18. The lowest BCUT2D eigenvalue weighted by Crippen LogP contribution is -2.27. The van der Waals surface area contributed by atoms with Crippen LogP contribution in [0.25, 0.3) is 0 Å². The zero-order valence-electron chi connectivity index (χ0n) is 10.7. The molecule has 3 aromatic rings. The predicted molar refractivity (Wildman–Crippen MR) is 77.7 cm³/mol. The van der Waals surface area contributed by atoms with Gasteiger partial charge in [0.05, 0.1) is 12.1 Å². The summed E-state index contributed by atoms with van der Waals surface area (Å²) < 4.78 is 1.88. The third kappa shape index (κ3) is 1.89. The number of benzene rings is 1. The second-order valence-corrected chi connectivity index (χ2v) is 5.80. The van der Waals surface area contributed by atoms with Crippen molar-refractivity contribution in [3.63, 3.8) is 0 Å². The van der Waals surface area contributed by atoms with Crippen molar-refractivity contribution in [1.29, 1.82) is 0 Å². The number of fused-ring (bicyclic) bond motifs is 1. The van der Waals surface area contributed by atoms with Crippen molar-refractivity contribution in [3.8, 4) is 0 Å². The largest absolute Gasteiger partial charge is 0.346 e. The Morgan fingerprint density at radius 1 is 1.15 bits per heavy atom. The van der Waals surface area contributed by atoms with Gasteiger partial charge in [-0.2, -0.15) is 0 Å². The first-order chi connectivity index (χ1) is 9.92. The van der Waals surface area contributed by atoms with Gasteiger partial charge in [-0.3, -0.25) is 0 Å². The van der Waals surface area contributed by atoms with E-state index >= 15 is 0 Å². The van der Waals surface area contributed by atoms with Crippen LogP contribution >= 0.6 is 11.3 Å². The Hall–Kier alpha value is -2.21. The molecular formula is C14H13N5S. The molecule has 0 aliphatic carbocycles. The molecule has 4 rings (SSSR count). The normalized spacial score (nSPS) is 21.2. The van der Waals surface area contributed by atoms with E-state index in [1.165, 1.54) is 10.4 Å². The molecule has 0 saturated carbocycles. The number of nitrogens with one attached hydrogen (secondary N) is 1. The van der Waals surface area contributed by atoms with E-state index in [2.05, 4.69) is 62.6 Å². The van der Waals surface area contributed by atoms with Gasteiger partial charge in [-0.15, -0.1) is 11.3 Å². The SMILES string of the molecule is c1ccc([C@@H]2C[C@@H](c3cccs3)n3nnnc3N2)cc1. The molecule has 100 valence electrons. The zero-order valence-corrected chi connectivity index (χ0v) is 11.5. The number of anilines is 1. The molecule has 5 nitrogen and oxygen atoms in total. The van der Waals surface area contributed by atoms with Crippen LogP contribution in [0.4, 0.5) is 5.95 Å². The van der Waals surface area contributed by atoms with Gasteiger partial charge in [0.2, 0.25) is 5.95 Å². The molecule has 1 aliphatic rings. The van der Waals surface area contributed by atoms with Gasteiger partial charge in [0.1, 0.15) is 0 Å². The number of hydrogen-bond acceptors (Lipinski definition) is 5. The quantitative estimate of drug-likeness (QED) is 0.785. The summed E-state index contributed by atoms with van der Waals surface area (Å²) in [7, 11) is 0. The van der Waals surface area contributed by atoms with Crippen molar-refractivity contribution in [2.75, 3.05) is 5.32 Å². The standard InChI is InChI=1S/C14H13N5S/c1-2-5-10(6-3-1)11-9-12(13-7-4-8-20-13)19-14(15-11)16-17-18-19/h1-8,11-12H,9H2,(H,15,16,18)/t11-,12-/m0/s1. The summed E-state index contributed by atoms with van der Waals surface area (Å²) in [5.74, 6) is 0.739. The molecule has 0 unspecified atom stereocenters. The van der Waals surface area contributed by atoms with E-state index in [0.717, 1.165) is 12.4 Å². The van der Waals surface area contributed by atoms with Crippen LogP contribution in [0.15, 0.2) is 47.8 Å². The Balaban J connectivity index is 1.74. The maximum Gasteiger partial charge on any atom is 0.244 e. The fourth-order valence-electron chi connectivity index (χ4n) is 2.66. The highest BCUT2D eigenvalue weighted by Gasteiger charge is 2.30. The Labute approximate surface area is 120 Å². The van der Waals surface area contributed by atoms with Crippen molar-refractivity contribution in [3.05, 3.63) is 58.3 Å². The predicted octanol–water partition coefficient (Wildman–Crippen LogP) is 2.88. The van der Waals surface area contributed by atoms with Crippen LogP contribution in [0, 0.1) is 0 Å². The molecule has 1 aromatic carbocycles. The molecule has 3 heterocycles. The lowest BCUT2D eigenvalue weighted by atomic mass is 9.97. The first-order valence-electron chi connectivity index (χ1n) is 6.54. The van der Waals surface area contributed by atoms with Crippen LogP contribution in [0.2, 0.25) is 0 Å². The lowest BCUT2D eigenvalue weighted by Gasteiger charge is -2.30. The van der Waals surface area contributed by atoms with Crippen molar-refractivity contribution in [2.24, 2.45) is 0 Å². The van der Waals surface area contributed by atoms with Crippen molar-refractivity contribution in [2.45, 2.75) is 18.5 Å². The third-order valence-electron chi connectivity index (χ3n) is 3.62. The molecule has 6 heteroatoms. The molecule has 0 fully saturated rings. The number of tetrazole rings is 1. The van der Waals surface area contributed by atoms with Crippen LogP contribution in [-0.2, 0) is 0 Å². The van der Waals surface area contributed by atoms with Crippen LogP contribution in [-0.4, -0.2) is 20.2 Å². The fraction of sp³-hybridized carbons (Fsp3) is 0.214. The summed E-state index contributed by atoms with van der Waals surface area (Å²) >= 11 is 1.75. The molecular weight excluding hydrogens is 270 g/mol. The number of hydrogen-bond donors (Lipinski definition) is 1. The van der Waals surface area contributed by atoms with Crippen molar-refractivity contribution >= 4 is 17.3 Å². The van der Waals surface area contributed by atoms with Crippen LogP contribution in [0.1, 0.15) is 28.9 Å². The summed E-state index contributed by atoms with van der Waals surface area (Å²) in [6, 6.07) is 15.1. The van der Waals surface area contributed by atoms with E-state index in [0.29, 0.717) is 0 Å². The summed E-state index contributed by atoms with van der Waals surface area (Å²) in [4.78, 5) is 1.29. The molecule has 2 atom stereocenters. The topological polar surface area (TPSA) is 55.6 Å². The molecule has 1 N–H and O–H groups in total. The van der Waals surface area contributed by atoms with E-state index in [1.54, 1.807) is 11.3 Å². The third-order valence-corrected chi connectivity index (χ3v) is 4.60. The smallest absolute Gasteiger partial charge is 0.244 e. The van der Waals surface area contributed by atoms with E-state index < -0.39 is 0 Å². The highest BCUT2D eigenvalue weighted by molar-refractivity contribution is 7.10. The van der Waals surface area contributed by atoms with Gasteiger partial charge >= 0.3 is 0 Å². The maximum absolute atomic E-state index is 4.12. The Morgan fingerprint density at radius 2 is 2.05 bits per heavy atom. The summed E-state index contributed by atoms with van der Waals surface area (Å²) in [6.45, 7) is 0. The number of aromatic nitrogens is 4. The van der Waals surface area contributed by atoms with Gasteiger partial charge in [0.25, 0.3) is 0 Å². The minimum absolute atomic E-state index is 0.200. The number of rotatable bonds is 2. The van der Waals surface area contributed by atoms with E-state index in [4.69, 9.17) is 0 Å². The second kappa shape index (κ2) is 4.72. The summed E-state index contributed by atoms with van der Waals surface area (Å²) in [5, 5.41) is 17.5. The highest BCUT2D eigenvalue weighted by atomic mass is 32.1. The number of nitrogens with zero attached hydrogens (tertiary/aromatic N) is 4. The Bertz CT molecular complexity index is 691. The van der Waals surface area contributed by atoms with Gasteiger partial charge in [-0.25, -0.2) is 4.68 Å². The second-order valence-electron chi connectivity index (χ2n) is 4.82. The van der Waals surface area contributed by atoms with E-state index in [9.17, 15) is 0 Å². The molecule has 0 amide bonds. The Kier molecular flexibility index (Phi) is 2.74. The first kappa shape index (κ1) is 11.6. The maximum atomic E-state index is 4.12. The highest BCUT2D eigenvalue weighted by Crippen LogP contribution is 2.38. The molecule has 0 spiro atoms. The van der Waals surface area contributed by atoms with E-state index in [-0.39, 0.29) is 12.1 Å². The molecule has 1 aliphatic heterocycles. The van der Waals surface area contributed by atoms with Crippen LogP contribution in [0.5, 0.6) is 0 Å². The Morgan fingerprint density at radius 3 is 2.85 bits per heavy atom. The lowest BCUT2D eigenvalue weighted by molar-refractivity contribution is 0.429. The summed E-state index contributed by atoms with van der Waals surface area (Å²) in [6.07, 6.45) is 0.947. The summed E-state index contributed by atoms with van der Waals surface area (Å²) in [5.41, 5.74) is 1.27. The zero-order chi connectivity index (χ0) is 13.4. The molecule has 20 heavy (non-hydrogen) atoms. The van der Waals surface area contributed by atoms with Crippen molar-refractivity contribution in [1.82, 2.24) is 20.2 Å². The first-order valence-corrected chi connectivity index (χ1v) is 7.42. The van der Waals surface area contributed by atoms with E-state index in [1.807, 2.05) is 10.7 Å². The van der Waals surface area contributed by atoms with Crippen LogP contribution < -0.4 is 5.32 Å². The van der Waals surface area contributed by atoms with Gasteiger partial charge < -0.3 is 5.32 Å². The average molecular weight is 283 g/mol. The molecule has 0 radical (unpaired) electrons. The molecule has 0 saturated heterocycles. The van der Waals surface area contributed by atoms with Gasteiger partial charge in [0, 0.05) is 4.88 Å². The molecule has 0 bridgehead atoms. The fourth-order valence-corrected chi connectivity index (χ4v) is 3.48. The van der Waals surface area contributed by atoms with Gasteiger partial charge in [0.15, 0.2) is 0 Å². The molecule has 2 aromatic heterocycles. The minimum Gasteiger partial charge on any atom is -0.346 e. The van der Waals surface area contributed by atoms with Crippen molar-refractivity contribution < 1.29 is 0 Å². The monoisotopic (exact) mass is 283 g/mol.